The SMILES string of the molecule is CNC(=O)C1CN(C(=O)Cn2nc(C)cc2C)CCN1CCc1ccccc1. The highest BCUT2D eigenvalue weighted by Gasteiger charge is 2.33. The van der Waals surface area contributed by atoms with Gasteiger partial charge in [0.05, 0.1) is 5.69 Å². The van der Waals surface area contributed by atoms with Gasteiger partial charge in [-0.15, -0.1) is 0 Å². The summed E-state index contributed by atoms with van der Waals surface area (Å²) >= 11 is 0. The lowest BCUT2D eigenvalue weighted by Crippen LogP contribution is -2.60. The Morgan fingerprint density at radius 3 is 2.57 bits per heavy atom. The number of piperazine rings is 1. The van der Waals surface area contributed by atoms with Gasteiger partial charge in [0, 0.05) is 38.9 Å². The van der Waals surface area contributed by atoms with Gasteiger partial charge in [0.15, 0.2) is 0 Å². The predicted octanol–water partition coefficient (Wildman–Crippen LogP) is 1.00. The van der Waals surface area contributed by atoms with Crippen LogP contribution < -0.4 is 5.32 Å². The minimum absolute atomic E-state index is 0.00260. The number of aromatic nitrogens is 2. The van der Waals surface area contributed by atoms with E-state index in [4.69, 9.17) is 0 Å². The zero-order valence-electron chi connectivity index (χ0n) is 16.9. The topological polar surface area (TPSA) is 70.5 Å². The van der Waals surface area contributed by atoms with Crippen molar-refractivity contribution in [2.24, 2.45) is 0 Å². The van der Waals surface area contributed by atoms with E-state index in [-0.39, 0.29) is 24.4 Å². The second-order valence-corrected chi connectivity index (χ2v) is 7.33. The number of rotatable bonds is 6. The van der Waals surface area contributed by atoms with E-state index in [1.165, 1.54) is 5.56 Å². The Morgan fingerprint density at radius 2 is 1.93 bits per heavy atom. The van der Waals surface area contributed by atoms with Crippen molar-refractivity contribution in [1.82, 2.24) is 24.9 Å². The Hall–Kier alpha value is -2.67. The Bertz CT molecular complexity index is 817. The van der Waals surface area contributed by atoms with Crippen LogP contribution in [0.3, 0.4) is 0 Å². The van der Waals surface area contributed by atoms with Gasteiger partial charge >= 0.3 is 0 Å². The number of hydrogen-bond donors (Lipinski definition) is 1. The first-order chi connectivity index (χ1) is 13.5. The summed E-state index contributed by atoms with van der Waals surface area (Å²) in [6.45, 7) is 6.59. The first kappa shape index (κ1) is 20.1. The maximum Gasteiger partial charge on any atom is 0.244 e. The second kappa shape index (κ2) is 9.01. The van der Waals surface area contributed by atoms with E-state index >= 15 is 0 Å². The molecule has 2 amide bonds. The lowest BCUT2D eigenvalue weighted by atomic mass is 10.1. The molecule has 2 aromatic rings. The summed E-state index contributed by atoms with van der Waals surface area (Å²) in [5, 5.41) is 7.12. The van der Waals surface area contributed by atoms with Crippen LogP contribution in [0.5, 0.6) is 0 Å². The number of hydrogen-bond acceptors (Lipinski definition) is 4. The lowest BCUT2D eigenvalue weighted by Gasteiger charge is -2.40. The van der Waals surface area contributed by atoms with Crippen LogP contribution in [0.15, 0.2) is 36.4 Å². The van der Waals surface area contributed by atoms with Gasteiger partial charge < -0.3 is 10.2 Å². The molecule has 1 aromatic carbocycles. The van der Waals surface area contributed by atoms with Crippen molar-refractivity contribution < 1.29 is 9.59 Å². The van der Waals surface area contributed by atoms with Crippen LogP contribution in [0, 0.1) is 13.8 Å². The number of carbonyl (C=O) groups is 2. The summed E-state index contributed by atoms with van der Waals surface area (Å²) in [5.41, 5.74) is 3.12. The van der Waals surface area contributed by atoms with Crippen molar-refractivity contribution in [1.29, 1.82) is 0 Å². The molecular formula is C21H29N5O2. The largest absolute Gasteiger partial charge is 0.358 e. The summed E-state index contributed by atoms with van der Waals surface area (Å²) in [6.07, 6.45) is 0.883. The molecule has 1 aromatic heterocycles. The number of carbonyl (C=O) groups excluding carboxylic acids is 2. The quantitative estimate of drug-likeness (QED) is 0.808. The standard InChI is InChI=1S/C21H29N5O2/c1-16-13-17(2)26(23-16)15-20(27)25-12-11-24(19(14-25)21(28)22-3)10-9-18-7-5-4-6-8-18/h4-8,13,19H,9-12,14-15H2,1-3H3,(H,22,28). The van der Waals surface area contributed by atoms with Gasteiger partial charge in [0.2, 0.25) is 11.8 Å². The van der Waals surface area contributed by atoms with E-state index in [1.54, 1.807) is 16.6 Å². The molecule has 1 atom stereocenters. The summed E-state index contributed by atoms with van der Waals surface area (Å²) in [7, 11) is 1.65. The third kappa shape index (κ3) is 4.78. The average Bonchev–Trinajstić information content (AvgIpc) is 3.03. The van der Waals surface area contributed by atoms with E-state index in [2.05, 4.69) is 27.4 Å². The highest BCUT2D eigenvalue weighted by atomic mass is 16.2. The molecule has 1 aliphatic rings. The predicted molar refractivity (Wildman–Crippen MR) is 108 cm³/mol. The number of benzene rings is 1. The van der Waals surface area contributed by atoms with Crippen LogP contribution in [0.2, 0.25) is 0 Å². The molecule has 7 nitrogen and oxygen atoms in total. The van der Waals surface area contributed by atoms with Crippen LogP contribution in [-0.4, -0.2) is 70.7 Å². The number of amides is 2. The van der Waals surface area contributed by atoms with E-state index in [0.717, 1.165) is 24.4 Å². The zero-order valence-corrected chi connectivity index (χ0v) is 16.9. The van der Waals surface area contributed by atoms with Crippen LogP contribution in [0.4, 0.5) is 0 Å². The lowest BCUT2D eigenvalue weighted by molar-refractivity contribution is -0.138. The van der Waals surface area contributed by atoms with Gasteiger partial charge in [-0.05, 0) is 31.9 Å². The van der Waals surface area contributed by atoms with Gasteiger partial charge in [-0.1, -0.05) is 30.3 Å². The first-order valence-electron chi connectivity index (χ1n) is 9.76. The third-order valence-corrected chi connectivity index (χ3v) is 5.31. The van der Waals surface area contributed by atoms with Crippen molar-refractivity contribution in [3.05, 3.63) is 53.3 Å². The zero-order chi connectivity index (χ0) is 20.1. The molecule has 0 saturated carbocycles. The van der Waals surface area contributed by atoms with Crippen molar-refractivity contribution in [2.75, 3.05) is 33.2 Å². The molecule has 7 heteroatoms. The fraction of sp³-hybridized carbons (Fsp3) is 0.476. The van der Waals surface area contributed by atoms with Gasteiger partial charge in [0.1, 0.15) is 12.6 Å². The Balaban J connectivity index is 1.63. The Morgan fingerprint density at radius 1 is 1.18 bits per heavy atom. The fourth-order valence-electron chi connectivity index (χ4n) is 3.71. The third-order valence-electron chi connectivity index (χ3n) is 5.31. The van der Waals surface area contributed by atoms with Gasteiger partial charge in [-0.25, -0.2) is 0 Å². The highest BCUT2D eigenvalue weighted by Crippen LogP contribution is 2.13. The first-order valence-corrected chi connectivity index (χ1v) is 9.76. The van der Waals surface area contributed by atoms with Gasteiger partial charge in [-0.3, -0.25) is 19.2 Å². The van der Waals surface area contributed by atoms with Gasteiger partial charge in [0.25, 0.3) is 0 Å². The highest BCUT2D eigenvalue weighted by molar-refractivity contribution is 5.83. The fourth-order valence-corrected chi connectivity index (χ4v) is 3.71. The maximum absolute atomic E-state index is 12.8. The van der Waals surface area contributed by atoms with E-state index in [1.807, 2.05) is 38.1 Å². The molecule has 2 heterocycles. The molecule has 0 spiro atoms. The average molecular weight is 383 g/mol. The second-order valence-electron chi connectivity index (χ2n) is 7.33. The summed E-state index contributed by atoms with van der Waals surface area (Å²) in [6, 6.07) is 11.9. The molecule has 3 rings (SSSR count). The molecule has 1 N–H and O–H groups in total. The van der Waals surface area contributed by atoms with E-state index < -0.39 is 0 Å². The summed E-state index contributed by atoms with van der Waals surface area (Å²) in [4.78, 5) is 29.2. The van der Waals surface area contributed by atoms with E-state index in [9.17, 15) is 9.59 Å². The van der Waals surface area contributed by atoms with Crippen molar-refractivity contribution >= 4 is 11.8 Å². The normalized spacial score (nSPS) is 17.5. The maximum atomic E-state index is 12.8. The Kier molecular flexibility index (Phi) is 6.46. The summed E-state index contributed by atoms with van der Waals surface area (Å²) < 4.78 is 1.73. The molecule has 1 fully saturated rings. The molecule has 0 radical (unpaired) electrons. The smallest absolute Gasteiger partial charge is 0.244 e. The minimum atomic E-state index is -0.327. The van der Waals surface area contributed by atoms with Crippen molar-refractivity contribution in [2.45, 2.75) is 32.9 Å². The van der Waals surface area contributed by atoms with Crippen LogP contribution in [0.1, 0.15) is 17.0 Å². The molecule has 1 saturated heterocycles. The number of nitrogens with one attached hydrogen (secondary N) is 1. The van der Waals surface area contributed by atoms with E-state index in [0.29, 0.717) is 19.6 Å². The molecule has 0 bridgehead atoms. The number of nitrogens with zero attached hydrogens (tertiary/aromatic N) is 4. The summed E-state index contributed by atoms with van der Waals surface area (Å²) in [5.74, 6) is -0.0421. The Labute approximate surface area is 166 Å². The number of aryl methyl sites for hydroxylation is 2. The molecule has 1 aliphatic heterocycles. The monoisotopic (exact) mass is 383 g/mol. The van der Waals surface area contributed by atoms with Gasteiger partial charge in [-0.2, -0.15) is 5.10 Å². The molecule has 0 aliphatic carbocycles. The van der Waals surface area contributed by atoms with Crippen LogP contribution >= 0.6 is 0 Å². The molecule has 150 valence electrons. The molecule has 1 unspecified atom stereocenters. The van der Waals surface area contributed by atoms with Crippen LogP contribution in [0.25, 0.3) is 0 Å². The minimum Gasteiger partial charge on any atom is -0.358 e. The molecule has 28 heavy (non-hydrogen) atoms. The van der Waals surface area contributed by atoms with Crippen molar-refractivity contribution in [3.63, 3.8) is 0 Å². The molecular weight excluding hydrogens is 354 g/mol. The van der Waals surface area contributed by atoms with Crippen LogP contribution in [-0.2, 0) is 22.6 Å². The van der Waals surface area contributed by atoms with Crippen molar-refractivity contribution in [3.8, 4) is 0 Å². The number of likely N-dealkylation sites (N-methyl/N-ethyl adjacent to an activating group) is 1.